The van der Waals surface area contributed by atoms with Crippen LogP contribution in [0.5, 0.6) is 0 Å². The van der Waals surface area contributed by atoms with Gasteiger partial charge in [0.25, 0.3) is 0 Å². The summed E-state index contributed by atoms with van der Waals surface area (Å²) in [5.41, 5.74) is 1.34. The molecule has 0 aromatic heterocycles. The fourth-order valence-electron chi connectivity index (χ4n) is 3.30. The highest BCUT2D eigenvalue weighted by molar-refractivity contribution is 5.79. The molecule has 1 fully saturated rings. The maximum Gasteiger partial charge on any atom is 0.190 e. The van der Waals surface area contributed by atoms with E-state index in [1.54, 1.807) is 0 Å². The molecule has 2 rings (SSSR count). The Morgan fingerprint density at radius 1 is 1.04 bits per heavy atom. The van der Waals surface area contributed by atoms with Crippen molar-refractivity contribution in [3.63, 3.8) is 0 Å². The first kappa shape index (κ1) is 22.5. The summed E-state index contributed by atoms with van der Waals surface area (Å²) < 4.78 is 5.60. The predicted molar refractivity (Wildman–Crippen MR) is 119 cm³/mol. The van der Waals surface area contributed by atoms with Crippen molar-refractivity contribution in [3.8, 4) is 0 Å². The van der Waals surface area contributed by atoms with Gasteiger partial charge in [0.2, 0.25) is 0 Å². The van der Waals surface area contributed by atoms with Crippen LogP contribution in [0.1, 0.15) is 26.7 Å². The quantitative estimate of drug-likeness (QED) is 0.346. The number of anilines is 1. The number of piperazine rings is 1. The van der Waals surface area contributed by atoms with Gasteiger partial charge in [0, 0.05) is 65.2 Å². The van der Waals surface area contributed by atoms with Crippen LogP contribution in [0.4, 0.5) is 5.69 Å². The van der Waals surface area contributed by atoms with E-state index < -0.39 is 0 Å². The molecule has 1 saturated heterocycles. The van der Waals surface area contributed by atoms with Gasteiger partial charge in [0.05, 0.1) is 0 Å². The molecule has 0 bridgehead atoms. The molecule has 0 radical (unpaired) electrons. The third kappa shape index (κ3) is 8.93. The second-order valence-corrected chi connectivity index (χ2v) is 7.77. The number of benzene rings is 1. The van der Waals surface area contributed by atoms with Crippen LogP contribution >= 0.6 is 0 Å². The van der Waals surface area contributed by atoms with Crippen LogP contribution < -0.4 is 15.5 Å². The van der Waals surface area contributed by atoms with E-state index in [1.807, 2.05) is 7.05 Å². The summed E-state index contributed by atoms with van der Waals surface area (Å²) in [7, 11) is 1.83. The van der Waals surface area contributed by atoms with Crippen LogP contribution in [-0.4, -0.2) is 76.9 Å². The highest BCUT2D eigenvalue weighted by Crippen LogP contribution is 2.15. The molecule has 6 heteroatoms. The summed E-state index contributed by atoms with van der Waals surface area (Å²) >= 11 is 0. The lowest BCUT2D eigenvalue weighted by atomic mass is 10.2. The summed E-state index contributed by atoms with van der Waals surface area (Å²) in [6, 6.07) is 10.7. The van der Waals surface area contributed by atoms with Gasteiger partial charge >= 0.3 is 0 Å². The van der Waals surface area contributed by atoms with Crippen LogP contribution in [0.3, 0.4) is 0 Å². The summed E-state index contributed by atoms with van der Waals surface area (Å²) in [4.78, 5) is 9.33. The molecule has 0 aliphatic carbocycles. The van der Waals surface area contributed by atoms with Crippen molar-refractivity contribution in [2.24, 2.45) is 10.9 Å². The van der Waals surface area contributed by atoms with E-state index in [0.717, 1.165) is 77.8 Å². The van der Waals surface area contributed by atoms with Crippen molar-refractivity contribution < 1.29 is 4.74 Å². The van der Waals surface area contributed by atoms with Crippen LogP contribution in [0.2, 0.25) is 0 Å². The van der Waals surface area contributed by atoms with E-state index in [-0.39, 0.29) is 0 Å². The lowest BCUT2D eigenvalue weighted by Gasteiger charge is -2.36. The maximum absolute atomic E-state index is 5.60. The van der Waals surface area contributed by atoms with Gasteiger partial charge in [-0.2, -0.15) is 0 Å². The Bertz CT molecular complexity index is 541. The van der Waals surface area contributed by atoms with Crippen molar-refractivity contribution in [1.82, 2.24) is 15.5 Å². The third-order valence-electron chi connectivity index (χ3n) is 4.87. The van der Waals surface area contributed by atoms with Gasteiger partial charge in [-0.05, 0) is 37.4 Å². The van der Waals surface area contributed by atoms with E-state index in [4.69, 9.17) is 4.74 Å². The summed E-state index contributed by atoms with van der Waals surface area (Å²) in [5, 5.41) is 6.77. The SMILES string of the molecule is CN=C(NCCCOCC(C)C)NCCCN1CCN(c2ccccc2)CC1. The Morgan fingerprint density at radius 3 is 2.36 bits per heavy atom. The molecule has 1 heterocycles. The molecular weight excluding hydrogens is 350 g/mol. The summed E-state index contributed by atoms with van der Waals surface area (Å²) in [5.74, 6) is 1.49. The van der Waals surface area contributed by atoms with Crippen molar-refractivity contribution in [1.29, 1.82) is 0 Å². The summed E-state index contributed by atoms with van der Waals surface area (Å²) in [6.07, 6.45) is 2.13. The zero-order chi connectivity index (χ0) is 20.0. The smallest absolute Gasteiger partial charge is 0.190 e. The normalized spacial score (nSPS) is 15.9. The number of rotatable bonds is 11. The number of nitrogens with one attached hydrogen (secondary N) is 2. The number of nitrogens with zero attached hydrogens (tertiary/aromatic N) is 3. The van der Waals surface area contributed by atoms with Gasteiger partial charge < -0.3 is 20.3 Å². The zero-order valence-electron chi connectivity index (χ0n) is 18.0. The molecule has 0 atom stereocenters. The monoisotopic (exact) mass is 389 g/mol. The van der Waals surface area contributed by atoms with E-state index in [9.17, 15) is 0 Å². The second kappa shape index (κ2) is 13.4. The molecule has 2 N–H and O–H groups in total. The molecule has 28 heavy (non-hydrogen) atoms. The molecule has 6 nitrogen and oxygen atoms in total. The number of para-hydroxylation sites is 1. The van der Waals surface area contributed by atoms with Gasteiger partial charge in [-0.25, -0.2) is 0 Å². The molecule has 0 amide bonds. The highest BCUT2D eigenvalue weighted by atomic mass is 16.5. The van der Waals surface area contributed by atoms with Crippen LogP contribution in [0.25, 0.3) is 0 Å². The molecule has 1 aliphatic rings. The third-order valence-corrected chi connectivity index (χ3v) is 4.87. The van der Waals surface area contributed by atoms with Crippen LogP contribution in [0.15, 0.2) is 35.3 Å². The predicted octanol–water partition coefficient (Wildman–Crippen LogP) is 2.43. The van der Waals surface area contributed by atoms with E-state index >= 15 is 0 Å². The molecule has 0 saturated carbocycles. The largest absolute Gasteiger partial charge is 0.381 e. The second-order valence-electron chi connectivity index (χ2n) is 7.77. The minimum absolute atomic E-state index is 0.601. The average Bonchev–Trinajstić information content (AvgIpc) is 2.73. The van der Waals surface area contributed by atoms with Gasteiger partial charge in [0.1, 0.15) is 0 Å². The van der Waals surface area contributed by atoms with E-state index in [1.165, 1.54) is 5.69 Å². The fourth-order valence-corrected chi connectivity index (χ4v) is 3.30. The van der Waals surface area contributed by atoms with Gasteiger partial charge in [-0.1, -0.05) is 32.0 Å². The molecule has 0 spiro atoms. The Hall–Kier alpha value is -1.79. The van der Waals surface area contributed by atoms with Crippen LogP contribution in [0, 0.1) is 5.92 Å². The number of hydrogen-bond donors (Lipinski definition) is 2. The van der Waals surface area contributed by atoms with Gasteiger partial charge in [-0.3, -0.25) is 9.89 Å². The lowest BCUT2D eigenvalue weighted by molar-refractivity contribution is 0.108. The molecule has 1 aliphatic heterocycles. The summed E-state index contributed by atoms with van der Waals surface area (Å²) in [6.45, 7) is 13.5. The van der Waals surface area contributed by atoms with Crippen molar-refractivity contribution in [3.05, 3.63) is 30.3 Å². The first-order valence-corrected chi connectivity index (χ1v) is 10.7. The minimum Gasteiger partial charge on any atom is -0.381 e. The molecule has 0 unspecified atom stereocenters. The van der Waals surface area contributed by atoms with E-state index in [0.29, 0.717) is 5.92 Å². The number of guanidine groups is 1. The Balaban J connectivity index is 1.50. The topological polar surface area (TPSA) is 52.1 Å². The minimum atomic E-state index is 0.601. The highest BCUT2D eigenvalue weighted by Gasteiger charge is 2.16. The zero-order valence-corrected chi connectivity index (χ0v) is 18.0. The fraction of sp³-hybridized carbons (Fsp3) is 0.682. The van der Waals surface area contributed by atoms with Gasteiger partial charge in [-0.15, -0.1) is 0 Å². The number of hydrogen-bond acceptors (Lipinski definition) is 4. The maximum atomic E-state index is 5.60. The Kier molecular flexibility index (Phi) is 10.8. The molecule has 158 valence electrons. The van der Waals surface area contributed by atoms with Crippen LogP contribution in [-0.2, 0) is 4.74 Å². The molecular formula is C22H39N5O. The van der Waals surface area contributed by atoms with E-state index in [2.05, 4.69) is 69.6 Å². The first-order chi connectivity index (χ1) is 13.7. The van der Waals surface area contributed by atoms with Crippen molar-refractivity contribution in [2.45, 2.75) is 26.7 Å². The average molecular weight is 390 g/mol. The number of ether oxygens (including phenoxy) is 1. The standard InChI is InChI=1S/C22H39N5O/c1-20(2)19-28-18-8-12-25-22(23-3)24-11-7-13-26-14-16-27(17-15-26)21-9-5-4-6-10-21/h4-6,9-10,20H,7-8,11-19H2,1-3H3,(H2,23,24,25). The lowest BCUT2D eigenvalue weighted by Crippen LogP contribution is -2.47. The van der Waals surface area contributed by atoms with Gasteiger partial charge in [0.15, 0.2) is 5.96 Å². The van der Waals surface area contributed by atoms with Crippen molar-refractivity contribution >= 4 is 11.6 Å². The first-order valence-electron chi connectivity index (χ1n) is 10.7. The Morgan fingerprint density at radius 2 is 1.71 bits per heavy atom. The van der Waals surface area contributed by atoms with Crippen molar-refractivity contribution in [2.75, 3.05) is 71.0 Å². The molecule has 1 aromatic rings. The molecule has 1 aromatic carbocycles. The Labute approximate surface area is 171 Å². The number of aliphatic imine (C=N–C) groups is 1.